The fourth-order valence-corrected chi connectivity index (χ4v) is 2.27. The van der Waals surface area contributed by atoms with Gasteiger partial charge in [0.2, 0.25) is 5.91 Å². The highest BCUT2D eigenvalue weighted by Gasteiger charge is 2.50. The molecule has 0 unspecified atom stereocenters. The van der Waals surface area contributed by atoms with E-state index in [4.69, 9.17) is 0 Å². The van der Waals surface area contributed by atoms with Crippen LogP contribution < -0.4 is 5.32 Å². The largest absolute Gasteiger partial charge is 0.391 e. The summed E-state index contributed by atoms with van der Waals surface area (Å²) >= 11 is 0. The third-order valence-electron chi connectivity index (χ3n) is 3.81. The normalized spacial score (nSPS) is 21.4. The number of nitrogens with one attached hydrogen (secondary N) is 1. The summed E-state index contributed by atoms with van der Waals surface area (Å²) in [6.07, 6.45) is 0.00267. The van der Waals surface area contributed by atoms with Crippen molar-refractivity contribution in [2.24, 2.45) is 11.3 Å². The zero-order chi connectivity index (χ0) is 14.9. The van der Waals surface area contributed by atoms with Crippen LogP contribution in [0.25, 0.3) is 0 Å². The summed E-state index contributed by atoms with van der Waals surface area (Å²) in [5, 5.41) is 12.5. The number of aliphatic hydroxyl groups is 1. The average molecular weight is 283 g/mol. The van der Waals surface area contributed by atoms with Crippen LogP contribution in [0.3, 0.4) is 0 Å². The molecule has 1 saturated carbocycles. The van der Waals surface area contributed by atoms with Crippen LogP contribution in [0.15, 0.2) is 18.2 Å². The highest BCUT2D eigenvalue weighted by molar-refractivity contribution is 5.82. The van der Waals surface area contributed by atoms with E-state index in [9.17, 15) is 18.7 Å². The molecule has 0 radical (unpaired) electrons. The highest BCUT2D eigenvalue weighted by Crippen LogP contribution is 2.51. The van der Waals surface area contributed by atoms with Crippen molar-refractivity contribution in [1.29, 1.82) is 0 Å². The molecule has 5 heteroatoms. The Morgan fingerprint density at radius 2 is 2.15 bits per heavy atom. The summed E-state index contributed by atoms with van der Waals surface area (Å²) in [6, 6.07) is 3.24. The molecule has 20 heavy (non-hydrogen) atoms. The molecule has 2 atom stereocenters. The molecule has 2 N–H and O–H groups in total. The van der Waals surface area contributed by atoms with E-state index in [1.807, 2.05) is 13.8 Å². The second-order valence-corrected chi connectivity index (χ2v) is 6.08. The minimum atomic E-state index is -0.888. The smallest absolute Gasteiger partial charge is 0.223 e. The SMILES string of the molecule is CC1(C)C[C@@H]1C(=O)NC[C@H](O)Cc1ccc(F)cc1F. The Morgan fingerprint density at radius 3 is 2.70 bits per heavy atom. The zero-order valence-electron chi connectivity index (χ0n) is 11.6. The number of halogens is 2. The topological polar surface area (TPSA) is 49.3 Å². The van der Waals surface area contributed by atoms with Crippen molar-refractivity contribution < 1.29 is 18.7 Å². The summed E-state index contributed by atoms with van der Waals surface area (Å²) in [7, 11) is 0. The average Bonchev–Trinajstić information content (AvgIpc) is 2.99. The number of hydrogen-bond acceptors (Lipinski definition) is 2. The lowest BCUT2D eigenvalue weighted by Gasteiger charge is -2.13. The number of carbonyl (C=O) groups is 1. The standard InChI is InChI=1S/C15H19F2NO2/c1-15(2)7-12(15)14(20)18-8-11(19)5-9-3-4-10(16)6-13(9)17/h3-4,6,11-12,19H,5,7-8H2,1-2H3,(H,18,20)/t11-,12-/m1/s1. The molecule has 1 aromatic carbocycles. The van der Waals surface area contributed by atoms with E-state index in [1.54, 1.807) is 0 Å². The molecule has 0 heterocycles. The minimum Gasteiger partial charge on any atom is -0.391 e. The van der Waals surface area contributed by atoms with E-state index >= 15 is 0 Å². The quantitative estimate of drug-likeness (QED) is 0.868. The van der Waals surface area contributed by atoms with Gasteiger partial charge in [-0.2, -0.15) is 0 Å². The maximum atomic E-state index is 13.4. The molecule has 110 valence electrons. The van der Waals surface area contributed by atoms with Crippen LogP contribution in [0.4, 0.5) is 8.78 Å². The van der Waals surface area contributed by atoms with Crippen molar-refractivity contribution in [2.75, 3.05) is 6.54 Å². The van der Waals surface area contributed by atoms with E-state index in [0.717, 1.165) is 18.6 Å². The summed E-state index contributed by atoms with van der Waals surface area (Å²) in [5.74, 6) is -1.41. The summed E-state index contributed by atoms with van der Waals surface area (Å²) in [4.78, 5) is 11.7. The predicted molar refractivity (Wildman–Crippen MR) is 71.0 cm³/mol. The lowest BCUT2D eigenvalue weighted by Crippen LogP contribution is -2.35. The van der Waals surface area contributed by atoms with Crippen molar-refractivity contribution in [1.82, 2.24) is 5.32 Å². The number of aliphatic hydroxyl groups excluding tert-OH is 1. The number of benzene rings is 1. The summed E-state index contributed by atoms with van der Waals surface area (Å²) in [5.41, 5.74) is 0.276. The van der Waals surface area contributed by atoms with Crippen LogP contribution in [0.1, 0.15) is 25.8 Å². The highest BCUT2D eigenvalue weighted by atomic mass is 19.1. The Morgan fingerprint density at radius 1 is 1.50 bits per heavy atom. The van der Waals surface area contributed by atoms with Gasteiger partial charge in [0.25, 0.3) is 0 Å². The molecule has 1 fully saturated rings. The molecular formula is C15H19F2NO2. The fourth-order valence-electron chi connectivity index (χ4n) is 2.27. The molecule has 0 aliphatic heterocycles. The van der Waals surface area contributed by atoms with Crippen molar-refractivity contribution in [2.45, 2.75) is 32.8 Å². The van der Waals surface area contributed by atoms with Gasteiger partial charge < -0.3 is 10.4 Å². The molecule has 2 rings (SSSR count). The van der Waals surface area contributed by atoms with E-state index in [-0.39, 0.29) is 35.8 Å². The van der Waals surface area contributed by atoms with Gasteiger partial charge in [0, 0.05) is 24.9 Å². The van der Waals surface area contributed by atoms with Gasteiger partial charge in [-0.05, 0) is 23.5 Å². The van der Waals surface area contributed by atoms with Crippen LogP contribution >= 0.6 is 0 Å². The zero-order valence-corrected chi connectivity index (χ0v) is 11.6. The lowest BCUT2D eigenvalue weighted by atomic mass is 10.1. The first-order chi connectivity index (χ1) is 9.29. The second kappa shape index (κ2) is 5.48. The lowest BCUT2D eigenvalue weighted by molar-refractivity contribution is -0.123. The Kier molecular flexibility index (Phi) is 4.09. The predicted octanol–water partition coefficient (Wildman–Crippen LogP) is 2.03. The number of rotatable bonds is 5. The molecule has 1 aliphatic carbocycles. The van der Waals surface area contributed by atoms with Crippen LogP contribution in [-0.2, 0) is 11.2 Å². The Labute approximate surface area is 117 Å². The van der Waals surface area contributed by atoms with E-state index in [1.165, 1.54) is 6.07 Å². The van der Waals surface area contributed by atoms with Gasteiger partial charge in [0.15, 0.2) is 0 Å². The monoisotopic (exact) mass is 283 g/mol. The molecule has 0 bridgehead atoms. The number of amides is 1. The third kappa shape index (κ3) is 3.54. The summed E-state index contributed by atoms with van der Waals surface area (Å²) < 4.78 is 26.2. The van der Waals surface area contributed by atoms with Crippen molar-refractivity contribution in [3.05, 3.63) is 35.4 Å². The first kappa shape index (κ1) is 14.9. The van der Waals surface area contributed by atoms with Gasteiger partial charge in [-0.15, -0.1) is 0 Å². The van der Waals surface area contributed by atoms with E-state index < -0.39 is 17.7 Å². The summed E-state index contributed by atoms with van der Waals surface area (Å²) in [6.45, 7) is 4.10. The van der Waals surface area contributed by atoms with Gasteiger partial charge in [0.1, 0.15) is 11.6 Å². The van der Waals surface area contributed by atoms with Gasteiger partial charge in [0.05, 0.1) is 6.10 Å². The number of hydrogen-bond donors (Lipinski definition) is 2. The van der Waals surface area contributed by atoms with Gasteiger partial charge >= 0.3 is 0 Å². The third-order valence-corrected chi connectivity index (χ3v) is 3.81. The van der Waals surface area contributed by atoms with Crippen molar-refractivity contribution in [3.8, 4) is 0 Å². The molecule has 0 saturated heterocycles. The van der Waals surface area contributed by atoms with Crippen LogP contribution in [0.2, 0.25) is 0 Å². The molecule has 0 aromatic heterocycles. The van der Waals surface area contributed by atoms with E-state index in [2.05, 4.69) is 5.32 Å². The van der Waals surface area contributed by atoms with E-state index in [0.29, 0.717) is 0 Å². The Balaban J connectivity index is 1.81. The van der Waals surface area contributed by atoms with Crippen LogP contribution in [-0.4, -0.2) is 23.7 Å². The molecular weight excluding hydrogens is 264 g/mol. The Bertz CT molecular complexity index is 517. The molecule has 1 aliphatic rings. The number of carbonyl (C=O) groups excluding carboxylic acids is 1. The molecule has 0 spiro atoms. The van der Waals surface area contributed by atoms with Gasteiger partial charge in [-0.1, -0.05) is 19.9 Å². The van der Waals surface area contributed by atoms with Gasteiger partial charge in [-0.25, -0.2) is 8.78 Å². The maximum Gasteiger partial charge on any atom is 0.223 e. The van der Waals surface area contributed by atoms with Gasteiger partial charge in [-0.3, -0.25) is 4.79 Å². The molecule has 3 nitrogen and oxygen atoms in total. The molecule has 1 aromatic rings. The minimum absolute atomic E-state index is 0.00254. The second-order valence-electron chi connectivity index (χ2n) is 6.08. The fraction of sp³-hybridized carbons (Fsp3) is 0.533. The van der Waals surface area contributed by atoms with Crippen molar-refractivity contribution >= 4 is 5.91 Å². The van der Waals surface area contributed by atoms with Crippen LogP contribution in [0.5, 0.6) is 0 Å². The Hall–Kier alpha value is -1.49. The first-order valence-corrected chi connectivity index (χ1v) is 6.69. The maximum absolute atomic E-state index is 13.4. The first-order valence-electron chi connectivity index (χ1n) is 6.69. The van der Waals surface area contributed by atoms with Crippen LogP contribution in [0, 0.1) is 23.0 Å². The molecule has 1 amide bonds. The van der Waals surface area contributed by atoms with Crippen molar-refractivity contribution in [3.63, 3.8) is 0 Å².